The number of piperidine rings is 1. The number of hydrogen-bond acceptors (Lipinski definition) is 4. The fraction of sp³-hybridized carbons (Fsp3) is 0.600. The van der Waals surface area contributed by atoms with Gasteiger partial charge in [0.25, 0.3) is 0 Å². The van der Waals surface area contributed by atoms with Crippen LogP contribution in [-0.4, -0.2) is 43.4 Å². The van der Waals surface area contributed by atoms with Crippen molar-refractivity contribution >= 4 is 26.1 Å². The molecule has 0 bridgehead atoms. The lowest BCUT2D eigenvalue weighted by molar-refractivity contribution is 0.0860. The van der Waals surface area contributed by atoms with Crippen LogP contribution in [0.4, 0.5) is 4.79 Å². The van der Waals surface area contributed by atoms with Crippen LogP contribution in [0, 0.1) is 11.3 Å². The molecule has 1 amide bonds. The number of likely N-dealkylation sites (tertiary alicyclic amines) is 1. The Morgan fingerprint density at radius 2 is 2.06 bits per heavy atom. The average Bonchev–Trinajstić information content (AvgIpc) is 3.13. The first kappa shape index (κ1) is 24.5. The largest absolute Gasteiger partial charge is 0.465 e. The Hall–Kier alpha value is -2.12. The van der Waals surface area contributed by atoms with Crippen LogP contribution >= 0.6 is 0 Å². The number of nitrogens with zero attached hydrogens (tertiary/aromatic N) is 2. The minimum Gasteiger partial charge on any atom is -0.465 e. The van der Waals surface area contributed by atoms with Crippen molar-refractivity contribution in [3.63, 3.8) is 0 Å². The molecular formula is C25H38N2O4Si. The van der Waals surface area contributed by atoms with Crippen LogP contribution in [0.25, 0.3) is 11.0 Å². The van der Waals surface area contributed by atoms with E-state index in [2.05, 4.69) is 57.7 Å². The van der Waals surface area contributed by atoms with Crippen LogP contribution in [0.5, 0.6) is 0 Å². The molecule has 1 aliphatic heterocycles. The highest BCUT2D eigenvalue weighted by Crippen LogP contribution is 2.42. The highest BCUT2D eigenvalue weighted by Gasteiger charge is 2.33. The third-order valence-electron chi connectivity index (χ3n) is 6.34. The molecule has 1 aliphatic rings. The number of aryl methyl sites for hydroxylation is 1. The zero-order valence-corrected chi connectivity index (χ0v) is 21.3. The van der Waals surface area contributed by atoms with Crippen molar-refractivity contribution in [2.24, 2.45) is 11.3 Å². The molecule has 32 heavy (non-hydrogen) atoms. The van der Waals surface area contributed by atoms with Crippen molar-refractivity contribution in [3.05, 3.63) is 41.6 Å². The zero-order valence-electron chi connectivity index (χ0n) is 20.2. The van der Waals surface area contributed by atoms with Gasteiger partial charge in [-0.2, -0.15) is 0 Å². The quantitative estimate of drug-likeness (QED) is 0.390. The number of carboxylic acid groups (broad SMARTS) is 1. The molecular weight excluding hydrogens is 420 g/mol. The lowest BCUT2D eigenvalue weighted by atomic mass is 9.81. The second kappa shape index (κ2) is 10.2. The van der Waals surface area contributed by atoms with E-state index < -0.39 is 15.1 Å². The number of hydrogen-bond donors (Lipinski definition) is 1. The molecule has 1 saturated heterocycles. The van der Waals surface area contributed by atoms with Crippen LogP contribution in [0.3, 0.4) is 0 Å². The Labute approximate surface area is 193 Å². The molecule has 1 fully saturated rings. The van der Waals surface area contributed by atoms with Gasteiger partial charge < -0.3 is 19.0 Å². The molecule has 176 valence electrons. The number of carbonyl (C=O) groups is 1. The normalized spacial score (nSPS) is 16.6. The molecule has 1 aromatic carbocycles. The minimum atomic E-state index is -1.29. The number of aromatic nitrogens is 1. The summed E-state index contributed by atoms with van der Waals surface area (Å²) in [7, 11) is -1.29. The summed E-state index contributed by atoms with van der Waals surface area (Å²) in [6.07, 6.45) is 5.48. The Bertz CT molecular complexity index is 939. The Kier molecular flexibility index (Phi) is 7.82. The fourth-order valence-electron chi connectivity index (χ4n) is 4.65. The molecule has 7 heteroatoms. The molecule has 3 rings (SSSR count). The number of benzene rings is 1. The van der Waals surface area contributed by atoms with Crippen LogP contribution in [0.2, 0.25) is 13.1 Å². The third kappa shape index (κ3) is 5.62. The van der Waals surface area contributed by atoms with E-state index in [4.69, 9.17) is 14.1 Å². The van der Waals surface area contributed by atoms with E-state index in [9.17, 15) is 4.79 Å². The lowest BCUT2D eigenvalue weighted by Gasteiger charge is -2.34. The standard InChI is InChI=1S/C25H38N2O4Si/c1-7-8-18-10-11-19-20(12-9-17-13-15-27(16-14-17)24(28)29)26-30-22(19)21(18)23(25(2,3)4)31-32(5)6/h7,10-11,17,23,32H,1,8-9,12-16H2,2-6H3,(H,28,29). The van der Waals surface area contributed by atoms with Crippen molar-refractivity contribution in [2.75, 3.05) is 13.1 Å². The Morgan fingerprint density at radius 1 is 1.38 bits per heavy atom. The molecule has 0 aliphatic carbocycles. The SMILES string of the molecule is C=CCc1ccc2c(CCC3CCN(C(=O)O)CC3)noc2c1C(O[SiH](C)C)C(C)(C)C. The molecule has 1 unspecified atom stereocenters. The molecule has 0 radical (unpaired) electrons. The summed E-state index contributed by atoms with van der Waals surface area (Å²) in [5, 5.41) is 14.7. The van der Waals surface area contributed by atoms with Gasteiger partial charge in [0.15, 0.2) is 14.6 Å². The van der Waals surface area contributed by atoms with Crippen molar-refractivity contribution in [3.8, 4) is 0 Å². The molecule has 2 aromatic rings. The lowest BCUT2D eigenvalue weighted by Crippen LogP contribution is -2.37. The van der Waals surface area contributed by atoms with Gasteiger partial charge in [-0.05, 0) is 68.2 Å². The van der Waals surface area contributed by atoms with Crippen LogP contribution in [0.1, 0.15) is 63.0 Å². The predicted molar refractivity (Wildman–Crippen MR) is 131 cm³/mol. The number of allylic oxidation sites excluding steroid dienone is 1. The van der Waals surface area contributed by atoms with Crippen LogP contribution < -0.4 is 0 Å². The van der Waals surface area contributed by atoms with E-state index in [1.54, 1.807) is 0 Å². The van der Waals surface area contributed by atoms with Gasteiger partial charge in [-0.15, -0.1) is 6.58 Å². The molecule has 2 heterocycles. The van der Waals surface area contributed by atoms with Gasteiger partial charge in [-0.1, -0.05) is 38.1 Å². The molecule has 0 spiro atoms. The summed E-state index contributed by atoms with van der Waals surface area (Å²) in [4.78, 5) is 12.7. The maximum absolute atomic E-state index is 11.1. The van der Waals surface area contributed by atoms with E-state index in [0.717, 1.165) is 54.3 Å². The van der Waals surface area contributed by atoms with Gasteiger partial charge >= 0.3 is 6.09 Å². The summed E-state index contributed by atoms with van der Waals surface area (Å²) in [5.41, 5.74) is 4.05. The van der Waals surface area contributed by atoms with E-state index >= 15 is 0 Å². The van der Waals surface area contributed by atoms with E-state index in [1.807, 2.05) is 6.08 Å². The minimum absolute atomic E-state index is 0.0611. The third-order valence-corrected chi connectivity index (χ3v) is 7.16. The summed E-state index contributed by atoms with van der Waals surface area (Å²) in [6, 6.07) is 4.30. The van der Waals surface area contributed by atoms with E-state index in [1.165, 1.54) is 10.5 Å². The van der Waals surface area contributed by atoms with Crippen LogP contribution in [0.15, 0.2) is 29.3 Å². The Balaban J connectivity index is 1.88. The summed E-state index contributed by atoms with van der Waals surface area (Å²) in [5.74, 6) is 0.523. The monoisotopic (exact) mass is 458 g/mol. The highest BCUT2D eigenvalue weighted by atomic mass is 28.3. The maximum atomic E-state index is 11.1. The number of amides is 1. The summed E-state index contributed by atoms with van der Waals surface area (Å²) >= 11 is 0. The number of fused-ring (bicyclic) bond motifs is 1. The van der Waals surface area contributed by atoms with Crippen molar-refractivity contribution in [2.45, 2.75) is 72.1 Å². The smallest absolute Gasteiger partial charge is 0.407 e. The average molecular weight is 459 g/mol. The van der Waals surface area contributed by atoms with Gasteiger partial charge in [0.1, 0.15) is 0 Å². The van der Waals surface area contributed by atoms with E-state index in [-0.39, 0.29) is 11.5 Å². The Morgan fingerprint density at radius 3 is 2.62 bits per heavy atom. The molecule has 1 atom stereocenters. The molecule has 1 aromatic heterocycles. The first-order chi connectivity index (χ1) is 15.1. The van der Waals surface area contributed by atoms with Crippen molar-refractivity contribution in [1.82, 2.24) is 10.1 Å². The van der Waals surface area contributed by atoms with E-state index in [0.29, 0.717) is 19.0 Å². The highest BCUT2D eigenvalue weighted by molar-refractivity contribution is 6.48. The fourth-order valence-corrected chi connectivity index (χ4v) is 5.74. The second-order valence-corrected chi connectivity index (χ2v) is 12.7. The summed E-state index contributed by atoms with van der Waals surface area (Å²) in [6.45, 7) is 16.2. The molecule has 0 saturated carbocycles. The first-order valence-electron chi connectivity index (χ1n) is 11.8. The topological polar surface area (TPSA) is 75.8 Å². The van der Waals surface area contributed by atoms with Crippen molar-refractivity contribution in [1.29, 1.82) is 0 Å². The van der Waals surface area contributed by atoms with Crippen molar-refractivity contribution < 1.29 is 18.9 Å². The maximum Gasteiger partial charge on any atom is 0.407 e. The summed E-state index contributed by atoms with van der Waals surface area (Å²) < 4.78 is 12.5. The second-order valence-electron chi connectivity index (χ2n) is 10.3. The predicted octanol–water partition coefficient (Wildman–Crippen LogP) is 5.97. The van der Waals surface area contributed by atoms with Gasteiger partial charge in [0.05, 0.1) is 11.8 Å². The van der Waals surface area contributed by atoms with Gasteiger partial charge in [-0.3, -0.25) is 0 Å². The first-order valence-corrected chi connectivity index (χ1v) is 14.5. The molecule has 6 nitrogen and oxygen atoms in total. The zero-order chi connectivity index (χ0) is 23.5. The molecule has 1 N–H and O–H groups in total. The number of rotatable bonds is 8. The van der Waals surface area contributed by atoms with Gasteiger partial charge in [-0.25, -0.2) is 4.79 Å². The van der Waals surface area contributed by atoms with Crippen LogP contribution in [-0.2, 0) is 17.3 Å². The van der Waals surface area contributed by atoms with Gasteiger partial charge in [0.2, 0.25) is 0 Å². The van der Waals surface area contributed by atoms with Gasteiger partial charge in [0, 0.05) is 24.0 Å².